The molecule has 8 nitrogen and oxygen atoms in total. The average Bonchev–Trinajstić information content (AvgIpc) is 2.46. The molecule has 0 fully saturated rings. The number of nitrogens with zero attached hydrogens (tertiary/aromatic N) is 1. The van der Waals surface area contributed by atoms with Crippen LogP contribution in [0.25, 0.3) is 0 Å². The summed E-state index contributed by atoms with van der Waals surface area (Å²) in [6, 6.07) is 9.21. The number of nitrogens with two attached hydrogens (primary N) is 1. The zero-order valence-electron chi connectivity index (χ0n) is 11.4. The second-order valence-electron chi connectivity index (χ2n) is 4.34. The van der Waals surface area contributed by atoms with Crippen molar-refractivity contribution < 1.29 is 23.2 Å². The maximum absolute atomic E-state index is 11.3. The van der Waals surface area contributed by atoms with E-state index in [1.54, 1.807) is 6.07 Å². The summed E-state index contributed by atoms with van der Waals surface area (Å²) in [4.78, 5) is 21.6. The second-order valence-corrected chi connectivity index (χ2v) is 6.98. The third-order valence-corrected chi connectivity index (χ3v) is 4.85. The van der Waals surface area contributed by atoms with Gasteiger partial charge < -0.3 is 5.11 Å². The predicted octanol–water partition coefficient (Wildman–Crippen LogP) is 2.09. The summed E-state index contributed by atoms with van der Waals surface area (Å²) in [5.41, 5.74) is -0.482. The standard InChI is InChI=1S/C13H10N2O6S2/c14-23(20,21)8-5-6-12(10(7-8)15(18)19)22-11-4-2-1-3-9(11)13(16)17/h1-7H,(H,16,17)(H2,14,20,21). The number of carboxylic acids is 1. The molecule has 120 valence electrons. The summed E-state index contributed by atoms with van der Waals surface area (Å²) in [7, 11) is -4.08. The van der Waals surface area contributed by atoms with Gasteiger partial charge in [-0.25, -0.2) is 18.4 Å². The quantitative estimate of drug-likeness (QED) is 0.618. The topological polar surface area (TPSA) is 141 Å². The Morgan fingerprint density at radius 2 is 1.83 bits per heavy atom. The summed E-state index contributed by atoms with van der Waals surface area (Å²) in [5.74, 6) is -1.17. The minimum absolute atomic E-state index is 0.0117. The molecule has 0 aliphatic heterocycles. The molecule has 0 saturated heterocycles. The van der Waals surface area contributed by atoms with Crippen LogP contribution in [-0.2, 0) is 10.0 Å². The molecule has 0 bridgehead atoms. The molecule has 0 amide bonds. The predicted molar refractivity (Wildman–Crippen MR) is 82.0 cm³/mol. The van der Waals surface area contributed by atoms with Crippen LogP contribution in [-0.4, -0.2) is 24.4 Å². The number of hydrogen-bond acceptors (Lipinski definition) is 6. The van der Waals surface area contributed by atoms with E-state index in [0.29, 0.717) is 4.90 Å². The molecule has 0 saturated carbocycles. The number of benzene rings is 2. The van der Waals surface area contributed by atoms with Gasteiger partial charge in [-0.1, -0.05) is 23.9 Å². The summed E-state index contributed by atoms with van der Waals surface area (Å²) in [5, 5.41) is 25.2. The molecule has 0 unspecified atom stereocenters. The molecule has 10 heteroatoms. The van der Waals surface area contributed by atoms with Gasteiger partial charge in [0, 0.05) is 11.0 Å². The molecule has 2 rings (SSSR count). The van der Waals surface area contributed by atoms with Crippen molar-refractivity contribution in [3.05, 3.63) is 58.1 Å². The first-order valence-electron chi connectivity index (χ1n) is 6.01. The molecule has 23 heavy (non-hydrogen) atoms. The van der Waals surface area contributed by atoms with Gasteiger partial charge in [0.15, 0.2) is 0 Å². The van der Waals surface area contributed by atoms with E-state index in [9.17, 15) is 23.3 Å². The minimum Gasteiger partial charge on any atom is -0.478 e. The van der Waals surface area contributed by atoms with E-state index in [-0.39, 0.29) is 15.4 Å². The Bertz CT molecular complexity index is 895. The molecular formula is C13H10N2O6S2. The van der Waals surface area contributed by atoms with Crippen molar-refractivity contribution in [2.75, 3.05) is 0 Å². The SMILES string of the molecule is NS(=O)(=O)c1ccc(Sc2ccccc2C(=O)O)c([N+](=O)[O-])c1. The second kappa shape index (κ2) is 6.36. The van der Waals surface area contributed by atoms with Gasteiger partial charge in [-0.2, -0.15) is 0 Å². The number of aromatic carboxylic acids is 1. The molecule has 2 aromatic rings. The number of carboxylic acid groups (broad SMARTS) is 1. The number of nitro benzene ring substituents is 1. The molecule has 0 atom stereocenters. The Morgan fingerprint density at radius 1 is 1.17 bits per heavy atom. The first-order valence-corrected chi connectivity index (χ1v) is 8.38. The van der Waals surface area contributed by atoms with Crippen LogP contribution in [0.2, 0.25) is 0 Å². The van der Waals surface area contributed by atoms with Crippen LogP contribution in [0.4, 0.5) is 5.69 Å². The lowest BCUT2D eigenvalue weighted by Gasteiger charge is -2.07. The highest BCUT2D eigenvalue weighted by Gasteiger charge is 2.21. The summed E-state index contributed by atoms with van der Waals surface area (Å²) in [6.45, 7) is 0. The number of sulfonamides is 1. The third-order valence-electron chi connectivity index (χ3n) is 2.79. The fourth-order valence-corrected chi connectivity index (χ4v) is 3.31. The molecule has 0 spiro atoms. The van der Waals surface area contributed by atoms with E-state index in [1.165, 1.54) is 24.3 Å². The zero-order chi connectivity index (χ0) is 17.2. The first kappa shape index (κ1) is 16.9. The molecule has 0 heterocycles. The fraction of sp³-hybridized carbons (Fsp3) is 0. The Kier molecular flexibility index (Phi) is 4.68. The Labute approximate surface area is 135 Å². The summed E-state index contributed by atoms with van der Waals surface area (Å²) < 4.78 is 22.6. The highest BCUT2D eigenvalue weighted by Crippen LogP contribution is 2.37. The maximum atomic E-state index is 11.3. The number of hydrogen-bond donors (Lipinski definition) is 2. The van der Waals surface area contributed by atoms with Gasteiger partial charge in [0.05, 0.1) is 20.3 Å². The lowest BCUT2D eigenvalue weighted by Crippen LogP contribution is -2.12. The van der Waals surface area contributed by atoms with Crippen LogP contribution in [0.3, 0.4) is 0 Å². The van der Waals surface area contributed by atoms with Gasteiger partial charge in [-0.05, 0) is 24.3 Å². The lowest BCUT2D eigenvalue weighted by molar-refractivity contribution is -0.388. The highest BCUT2D eigenvalue weighted by atomic mass is 32.2. The monoisotopic (exact) mass is 354 g/mol. The van der Waals surface area contributed by atoms with E-state index in [4.69, 9.17) is 10.2 Å². The summed E-state index contributed by atoms with van der Waals surface area (Å²) >= 11 is 0.859. The smallest absolute Gasteiger partial charge is 0.336 e. The van der Waals surface area contributed by atoms with E-state index in [2.05, 4.69) is 0 Å². The van der Waals surface area contributed by atoms with Gasteiger partial charge in [0.2, 0.25) is 10.0 Å². The molecule has 0 radical (unpaired) electrons. The average molecular weight is 354 g/mol. The molecular weight excluding hydrogens is 344 g/mol. The van der Waals surface area contributed by atoms with E-state index in [1.807, 2.05) is 0 Å². The van der Waals surface area contributed by atoms with Gasteiger partial charge in [-0.15, -0.1) is 0 Å². The van der Waals surface area contributed by atoms with Crippen LogP contribution in [0.5, 0.6) is 0 Å². The van der Waals surface area contributed by atoms with Gasteiger partial charge in [0.25, 0.3) is 5.69 Å². The van der Waals surface area contributed by atoms with E-state index in [0.717, 1.165) is 23.9 Å². The van der Waals surface area contributed by atoms with Crippen molar-refractivity contribution >= 4 is 33.4 Å². The minimum atomic E-state index is -4.08. The van der Waals surface area contributed by atoms with Gasteiger partial charge >= 0.3 is 5.97 Å². The van der Waals surface area contributed by atoms with Crippen LogP contribution in [0.1, 0.15) is 10.4 Å². The van der Waals surface area contributed by atoms with Crippen molar-refractivity contribution in [2.24, 2.45) is 5.14 Å². The van der Waals surface area contributed by atoms with Crippen molar-refractivity contribution in [1.82, 2.24) is 0 Å². The van der Waals surface area contributed by atoms with Crippen molar-refractivity contribution in [1.29, 1.82) is 0 Å². The van der Waals surface area contributed by atoms with Crippen LogP contribution < -0.4 is 5.14 Å². The Balaban J connectivity index is 2.53. The number of rotatable bonds is 5. The Morgan fingerprint density at radius 3 is 2.39 bits per heavy atom. The number of primary sulfonamides is 1. The maximum Gasteiger partial charge on any atom is 0.336 e. The zero-order valence-corrected chi connectivity index (χ0v) is 13.0. The highest BCUT2D eigenvalue weighted by molar-refractivity contribution is 7.99. The van der Waals surface area contributed by atoms with Crippen LogP contribution in [0.15, 0.2) is 57.2 Å². The fourth-order valence-electron chi connectivity index (χ4n) is 1.75. The van der Waals surface area contributed by atoms with Crippen molar-refractivity contribution in [3.63, 3.8) is 0 Å². The van der Waals surface area contributed by atoms with Crippen LogP contribution >= 0.6 is 11.8 Å². The van der Waals surface area contributed by atoms with Crippen molar-refractivity contribution in [2.45, 2.75) is 14.7 Å². The third kappa shape index (κ3) is 3.86. The van der Waals surface area contributed by atoms with Gasteiger partial charge in [0.1, 0.15) is 0 Å². The molecule has 0 aliphatic rings. The van der Waals surface area contributed by atoms with Gasteiger partial charge in [-0.3, -0.25) is 10.1 Å². The molecule has 3 N–H and O–H groups in total. The van der Waals surface area contributed by atoms with E-state index < -0.39 is 26.6 Å². The Hall–Kier alpha value is -2.43. The normalized spacial score (nSPS) is 11.2. The van der Waals surface area contributed by atoms with E-state index >= 15 is 0 Å². The molecule has 2 aromatic carbocycles. The molecule has 0 aliphatic carbocycles. The van der Waals surface area contributed by atoms with Crippen LogP contribution in [0, 0.1) is 10.1 Å². The number of nitro groups is 1. The molecule has 0 aromatic heterocycles. The van der Waals surface area contributed by atoms with Crippen molar-refractivity contribution in [3.8, 4) is 0 Å². The summed E-state index contributed by atoms with van der Waals surface area (Å²) in [6.07, 6.45) is 0. The first-order chi connectivity index (χ1) is 10.7. The largest absolute Gasteiger partial charge is 0.478 e. The number of carbonyl (C=O) groups is 1. The lowest BCUT2D eigenvalue weighted by atomic mass is 10.2.